The first-order chi connectivity index (χ1) is 8.36. The highest BCUT2D eigenvalue weighted by atomic mass is 32.2. The first-order valence-electron chi connectivity index (χ1n) is 5.69. The SMILES string of the molecule is CCCC(=O)Nc1ccccc1N(C)S(C)(=O)=O. The lowest BCUT2D eigenvalue weighted by Crippen LogP contribution is -2.26. The van der Waals surface area contributed by atoms with Crippen LogP contribution < -0.4 is 9.62 Å². The van der Waals surface area contributed by atoms with Crippen molar-refractivity contribution in [3.8, 4) is 0 Å². The van der Waals surface area contributed by atoms with Gasteiger partial charge in [0.25, 0.3) is 0 Å². The molecule has 0 fully saturated rings. The van der Waals surface area contributed by atoms with Gasteiger partial charge in [-0.15, -0.1) is 0 Å². The van der Waals surface area contributed by atoms with E-state index in [0.29, 0.717) is 17.8 Å². The van der Waals surface area contributed by atoms with Gasteiger partial charge in [0.15, 0.2) is 0 Å². The number of sulfonamides is 1. The van der Waals surface area contributed by atoms with E-state index in [9.17, 15) is 13.2 Å². The summed E-state index contributed by atoms with van der Waals surface area (Å²) in [6.45, 7) is 1.91. The Morgan fingerprint density at radius 1 is 1.33 bits per heavy atom. The summed E-state index contributed by atoms with van der Waals surface area (Å²) in [6, 6.07) is 6.82. The second-order valence-corrected chi connectivity index (χ2v) is 6.06. The number of hydrogen-bond donors (Lipinski definition) is 1. The van der Waals surface area contributed by atoms with Gasteiger partial charge >= 0.3 is 0 Å². The van der Waals surface area contributed by atoms with Crippen molar-refractivity contribution in [1.82, 2.24) is 0 Å². The average Bonchev–Trinajstić information content (AvgIpc) is 2.28. The lowest BCUT2D eigenvalue weighted by Gasteiger charge is -2.20. The Bertz CT molecular complexity index is 526. The summed E-state index contributed by atoms with van der Waals surface area (Å²) in [5.74, 6) is -0.119. The van der Waals surface area contributed by atoms with Crippen LogP contribution >= 0.6 is 0 Å². The van der Waals surface area contributed by atoms with Crippen molar-refractivity contribution in [3.05, 3.63) is 24.3 Å². The maximum atomic E-state index is 11.6. The van der Waals surface area contributed by atoms with Crippen LogP contribution in [0.3, 0.4) is 0 Å². The van der Waals surface area contributed by atoms with Crippen molar-refractivity contribution in [3.63, 3.8) is 0 Å². The van der Waals surface area contributed by atoms with Gasteiger partial charge in [0, 0.05) is 13.5 Å². The third kappa shape index (κ3) is 3.73. The molecule has 0 aliphatic carbocycles. The number of anilines is 2. The van der Waals surface area contributed by atoms with Crippen molar-refractivity contribution < 1.29 is 13.2 Å². The fourth-order valence-electron chi connectivity index (χ4n) is 1.47. The topological polar surface area (TPSA) is 66.5 Å². The third-order valence-electron chi connectivity index (χ3n) is 2.49. The molecule has 1 aromatic rings. The number of amides is 1. The minimum atomic E-state index is -3.34. The molecule has 1 N–H and O–H groups in total. The maximum absolute atomic E-state index is 11.6. The molecule has 0 aliphatic rings. The lowest BCUT2D eigenvalue weighted by molar-refractivity contribution is -0.116. The van der Waals surface area contributed by atoms with Crippen molar-refractivity contribution in [2.75, 3.05) is 22.9 Å². The van der Waals surface area contributed by atoms with E-state index in [2.05, 4.69) is 5.32 Å². The summed E-state index contributed by atoms with van der Waals surface area (Å²) in [5, 5.41) is 2.72. The minimum Gasteiger partial charge on any atom is -0.324 e. The van der Waals surface area contributed by atoms with E-state index in [0.717, 1.165) is 17.0 Å². The number of nitrogens with one attached hydrogen (secondary N) is 1. The smallest absolute Gasteiger partial charge is 0.232 e. The van der Waals surface area contributed by atoms with Gasteiger partial charge in [-0.25, -0.2) is 8.42 Å². The molecule has 0 atom stereocenters. The molecule has 0 spiro atoms. The molecular formula is C12H18N2O3S. The third-order valence-corrected chi connectivity index (χ3v) is 3.68. The Morgan fingerprint density at radius 2 is 1.94 bits per heavy atom. The van der Waals surface area contributed by atoms with Gasteiger partial charge in [-0.05, 0) is 18.6 Å². The molecule has 1 amide bonds. The Morgan fingerprint density at radius 3 is 2.50 bits per heavy atom. The number of rotatable bonds is 5. The van der Waals surface area contributed by atoms with Crippen LogP contribution in [0.15, 0.2) is 24.3 Å². The molecule has 0 saturated heterocycles. The van der Waals surface area contributed by atoms with Gasteiger partial charge in [0.2, 0.25) is 15.9 Å². The second-order valence-electron chi connectivity index (χ2n) is 4.05. The zero-order chi connectivity index (χ0) is 13.8. The first kappa shape index (κ1) is 14.5. The van der Waals surface area contributed by atoms with E-state index in [4.69, 9.17) is 0 Å². The van der Waals surface area contributed by atoms with Crippen LogP contribution in [0.1, 0.15) is 19.8 Å². The molecule has 6 heteroatoms. The Kier molecular flexibility index (Phi) is 4.72. The van der Waals surface area contributed by atoms with Gasteiger partial charge in [-0.2, -0.15) is 0 Å². The van der Waals surface area contributed by atoms with E-state index < -0.39 is 10.0 Å². The average molecular weight is 270 g/mol. The fraction of sp³-hybridized carbons (Fsp3) is 0.417. The Labute approximate surface area is 108 Å². The van der Waals surface area contributed by atoms with Gasteiger partial charge < -0.3 is 5.32 Å². The predicted octanol–water partition coefficient (Wildman–Crippen LogP) is 1.82. The van der Waals surface area contributed by atoms with Crippen LogP contribution in [0.2, 0.25) is 0 Å². The molecule has 0 heterocycles. The molecule has 5 nitrogen and oxygen atoms in total. The monoisotopic (exact) mass is 270 g/mol. The minimum absolute atomic E-state index is 0.119. The van der Waals surface area contributed by atoms with Crippen molar-refractivity contribution in [2.45, 2.75) is 19.8 Å². The summed E-state index contributed by atoms with van der Waals surface area (Å²) < 4.78 is 24.2. The molecule has 100 valence electrons. The molecule has 0 saturated carbocycles. The molecule has 0 bridgehead atoms. The largest absolute Gasteiger partial charge is 0.324 e. The standard InChI is InChI=1S/C12H18N2O3S/c1-4-7-12(15)13-10-8-5-6-9-11(10)14(2)18(3,16)17/h5-6,8-9H,4,7H2,1-3H3,(H,13,15). The van der Waals surface area contributed by atoms with E-state index >= 15 is 0 Å². The Hall–Kier alpha value is -1.56. The Balaban J connectivity index is 3.04. The number of benzene rings is 1. The number of carbonyl (C=O) groups excluding carboxylic acids is 1. The molecule has 0 radical (unpaired) electrons. The first-order valence-corrected chi connectivity index (χ1v) is 7.54. The molecule has 0 aromatic heterocycles. The van der Waals surface area contributed by atoms with Crippen LogP contribution in [0.25, 0.3) is 0 Å². The van der Waals surface area contributed by atoms with Crippen molar-refractivity contribution in [1.29, 1.82) is 0 Å². The van der Waals surface area contributed by atoms with Crippen LogP contribution in [0, 0.1) is 0 Å². The highest BCUT2D eigenvalue weighted by Crippen LogP contribution is 2.26. The zero-order valence-electron chi connectivity index (χ0n) is 10.8. The van der Waals surface area contributed by atoms with E-state index in [-0.39, 0.29) is 5.91 Å². The van der Waals surface area contributed by atoms with Crippen LogP contribution in [-0.2, 0) is 14.8 Å². The lowest BCUT2D eigenvalue weighted by atomic mass is 10.2. The van der Waals surface area contributed by atoms with Crippen molar-refractivity contribution >= 4 is 27.3 Å². The highest BCUT2D eigenvalue weighted by Gasteiger charge is 2.16. The van der Waals surface area contributed by atoms with E-state index in [1.807, 2.05) is 6.92 Å². The summed E-state index contributed by atoms with van der Waals surface area (Å²) in [4.78, 5) is 11.6. The fourth-order valence-corrected chi connectivity index (χ4v) is 1.99. The molecule has 0 aliphatic heterocycles. The summed E-state index contributed by atoms with van der Waals surface area (Å²) in [7, 11) is -1.89. The normalized spacial score (nSPS) is 11.1. The van der Waals surface area contributed by atoms with Gasteiger partial charge in [0.05, 0.1) is 17.6 Å². The second kappa shape index (κ2) is 5.86. The molecule has 1 rings (SSSR count). The van der Waals surface area contributed by atoms with Crippen LogP contribution in [0.5, 0.6) is 0 Å². The number of nitrogens with zero attached hydrogens (tertiary/aromatic N) is 1. The molecule has 0 unspecified atom stereocenters. The van der Waals surface area contributed by atoms with Crippen LogP contribution in [0.4, 0.5) is 11.4 Å². The van der Waals surface area contributed by atoms with E-state index in [1.54, 1.807) is 24.3 Å². The number of carbonyl (C=O) groups is 1. The molecule has 1 aromatic carbocycles. The van der Waals surface area contributed by atoms with Gasteiger partial charge in [-0.3, -0.25) is 9.10 Å². The van der Waals surface area contributed by atoms with E-state index in [1.165, 1.54) is 7.05 Å². The predicted molar refractivity (Wildman–Crippen MR) is 73.2 cm³/mol. The van der Waals surface area contributed by atoms with Crippen molar-refractivity contribution in [2.24, 2.45) is 0 Å². The number of para-hydroxylation sites is 2. The summed E-state index contributed by atoms with van der Waals surface area (Å²) >= 11 is 0. The quantitative estimate of drug-likeness (QED) is 0.887. The molecule has 18 heavy (non-hydrogen) atoms. The maximum Gasteiger partial charge on any atom is 0.232 e. The van der Waals surface area contributed by atoms with Gasteiger partial charge in [0.1, 0.15) is 0 Å². The van der Waals surface area contributed by atoms with Crippen LogP contribution in [-0.4, -0.2) is 27.6 Å². The highest BCUT2D eigenvalue weighted by molar-refractivity contribution is 7.92. The summed E-state index contributed by atoms with van der Waals surface area (Å²) in [6.07, 6.45) is 2.28. The summed E-state index contributed by atoms with van der Waals surface area (Å²) in [5.41, 5.74) is 0.966. The van der Waals surface area contributed by atoms with Gasteiger partial charge in [-0.1, -0.05) is 19.1 Å². The zero-order valence-corrected chi connectivity index (χ0v) is 11.6. The number of hydrogen-bond acceptors (Lipinski definition) is 3. The molecular weight excluding hydrogens is 252 g/mol.